The Hall–Kier alpha value is -0.900. The summed E-state index contributed by atoms with van der Waals surface area (Å²) in [6.45, 7) is 16.8. The first-order valence-corrected chi connectivity index (χ1v) is 12.7. The number of epoxide rings is 1. The van der Waals surface area contributed by atoms with Crippen molar-refractivity contribution in [3.05, 3.63) is 36.5 Å². The Kier molecular flexibility index (Phi) is 13.5. The van der Waals surface area contributed by atoms with Crippen molar-refractivity contribution in [1.29, 1.82) is 0 Å². The standard InChI is InChI=1S/C13H20O2.C13H20O.CH2Cl2.CH4/c1-5-6-9(14)11-8(2)12-10(15-12)7-13(11,3)4;1-5-7-11(14)12-10(2)8-6-9-13(12,3)4;2-1-3;/h5-6,8,10-12H,7H2,1-4H3;5-8,10,12H,9H2,1-4H3;1H2;1H4/b6-5+;7-5+;;. The summed E-state index contributed by atoms with van der Waals surface area (Å²) in [6.07, 6.45) is 14.3. The van der Waals surface area contributed by atoms with Gasteiger partial charge in [-0.15, -0.1) is 23.2 Å². The van der Waals surface area contributed by atoms with Gasteiger partial charge in [0.1, 0.15) is 0 Å². The molecule has 1 saturated heterocycles. The molecule has 1 aliphatic heterocycles. The maximum absolute atomic E-state index is 12.0. The average Bonchev–Trinajstić information content (AvgIpc) is 3.41. The van der Waals surface area contributed by atoms with Gasteiger partial charge in [0.2, 0.25) is 0 Å². The maximum atomic E-state index is 12.0. The van der Waals surface area contributed by atoms with E-state index in [9.17, 15) is 9.59 Å². The molecule has 0 aromatic heterocycles. The highest BCUT2D eigenvalue weighted by atomic mass is 35.5. The molecule has 0 spiro atoms. The molecule has 2 aliphatic carbocycles. The molecule has 0 bridgehead atoms. The number of ketones is 2. The van der Waals surface area contributed by atoms with Crippen molar-refractivity contribution >= 4 is 34.8 Å². The number of carbonyl (C=O) groups is 2. The number of fused-ring (bicyclic) bond motifs is 1. The molecule has 0 aromatic rings. The minimum Gasteiger partial charge on any atom is -0.369 e. The summed E-state index contributed by atoms with van der Waals surface area (Å²) >= 11 is 9.53. The fourth-order valence-electron chi connectivity index (χ4n) is 5.69. The van der Waals surface area contributed by atoms with Crippen molar-refractivity contribution in [2.24, 2.45) is 34.5 Å². The first-order valence-electron chi connectivity index (χ1n) is 11.6. The van der Waals surface area contributed by atoms with E-state index in [-0.39, 0.29) is 47.0 Å². The van der Waals surface area contributed by atoms with Crippen LogP contribution in [0.5, 0.6) is 0 Å². The molecule has 0 amide bonds. The fraction of sp³-hybridized carbons (Fsp3) is 0.714. The van der Waals surface area contributed by atoms with E-state index >= 15 is 0 Å². The Morgan fingerprint density at radius 3 is 1.91 bits per heavy atom. The van der Waals surface area contributed by atoms with Crippen LogP contribution in [0.25, 0.3) is 0 Å². The van der Waals surface area contributed by atoms with E-state index in [2.05, 4.69) is 53.7 Å². The van der Waals surface area contributed by atoms with Crippen LogP contribution in [0.2, 0.25) is 0 Å². The molecule has 3 rings (SSSR count). The molecule has 6 unspecified atom stereocenters. The molecule has 6 atom stereocenters. The van der Waals surface area contributed by atoms with Crippen LogP contribution in [0.4, 0.5) is 0 Å². The Morgan fingerprint density at radius 1 is 0.970 bits per heavy atom. The van der Waals surface area contributed by atoms with Gasteiger partial charge in [-0.05, 0) is 61.5 Å². The number of rotatable bonds is 4. The molecule has 2 fully saturated rings. The van der Waals surface area contributed by atoms with Gasteiger partial charge in [0.25, 0.3) is 0 Å². The largest absolute Gasteiger partial charge is 0.369 e. The Labute approximate surface area is 213 Å². The number of allylic oxidation sites excluding steroid dienone is 6. The van der Waals surface area contributed by atoms with Crippen molar-refractivity contribution in [3.63, 3.8) is 0 Å². The first-order chi connectivity index (χ1) is 14.9. The third-order valence-electron chi connectivity index (χ3n) is 6.96. The second kappa shape index (κ2) is 13.9. The van der Waals surface area contributed by atoms with Crippen LogP contribution in [0.1, 0.15) is 75.7 Å². The smallest absolute Gasteiger partial charge is 0.159 e. The summed E-state index contributed by atoms with van der Waals surface area (Å²) in [5, 5.41) is 0.194. The second-order valence-corrected chi connectivity index (χ2v) is 11.3. The second-order valence-electron chi connectivity index (χ2n) is 10.5. The van der Waals surface area contributed by atoms with Crippen molar-refractivity contribution in [3.8, 4) is 0 Å². The Bertz CT molecular complexity index is 721. The van der Waals surface area contributed by atoms with E-state index in [1.54, 1.807) is 12.2 Å². The number of carbonyl (C=O) groups excluding carboxylic acids is 2. The molecular weight excluding hydrogens is 455 g/mol. The molecule has 1 heterocycles. The Morgan fingerprint density at radius 2 is 1.45 bits per heavy atom. The lowest BCUT2D eigenvalue weighted by atomic mass is 9.62. The maximum Gasteiger partial charge on any atom is 0.159 e. The molecule has 1 saturated carbocycles. The number of hydrogen-bond donors (Lipinski definition) is 0. The number of hydrogen-bond acceptors (Lipinski definition) is 3. The van der Waals surface area contributed by atoms with E-state index in [1.807, 2.05) is 26.0 Å². The zero-order chi connectivity index (χ0) is 24.7. The van der Waals surface area contributed by atoms with Crippen LogP contribution in [0.3, 0.4) is 0 Å². The van der Waals surface area contributed by atoms with Crippen LogP contribution >= 0.6 is 23.2 Å². The lowest BCUT2D eigenvalue weighted by Gasteiger charge is -2.39. The summed E-state index contributed by atoms with van der Waals surface area (Å²) in [5.74, 6) is 1.53. The van der Waals surface area contributed by atoms with Gasteiger partial charge in [-0.25, -0.2) is 0 Å². The molecule has 3 aliphatic rings. The van der Waals surface area contributed by atoms with Gasteiger partial charge in [-0.3, -0.25) is 9.59 Å². The predicted octanol–water partition coefficient (Wildman–Crippen LogP) is 8.01. The molecule has 5 heteroatoms. The van der Waals surface area contributed by atoms with Gasteiger partial charge in [0.05, 0.1) is 17.5 Å². The summed E-state index contributed by atoms with van der Waals surface area (Å²) < 4.78 is 5.61. The van der Waals surface area contributed by atoms with Gasteiger partial charge in [0, 0.05) is 11.8 Å². The van der Waals surface area contributed by atoms with Crippen molar-refractivity contribution < 1.29 is 14.3 Å². The number of halogens is 2. The summed E-state index contributed by atoms with van der Waals surface area (Å²) in [5.41, 5.74) is 0.179. The molecule has 0 aromatic carbocycles. The lowest BCUT2D eigenvalue weighted by Crippen LogP contribution is -2.42. The highest BCUT2D eigenvalue weighted by molar-refractivity contribution is 6.40. The van der Waals surface area contributed by atoms with Crippen LogP contribution in [-0.4, -0.2) is 29.1 Å². The van der Waals surface area contributed by atoms with Gasteiger partial charge in [0.15, 0.2) is 11.6 Å². The predicted molar refractivity (Wildman–Crippen MR) is 143 cm³/mol. The topological polar surface area (TPSA) is 46.7 Å². The van der Waals surface area contributed by atoms with E-state index in [4.69, 9.17) is 27.9 Å². The zero-order valence-corrected chi connectivity index (χ0v) is 22.5. The molecule has 0 N–H and O–H groups in total. The van der Waals surface area contributed by atoms with Crippen LogP contribution < -0.4 is 0 Å². The lowest BCUT2D eigenvalue weighted by molar-refractivity contribution is -0.125. The highest BCUT2D eigenvalue weighted by Crippen LogP contribution is 2.53. The van der Waals surface area contributed by atoms with Crippen molar-refractivity contribution in [2.75, 3.05) is 5.34 Å². The van der Waals surface area contributed by atoms with Crippen LogP contribution in [0, 0.1) is 34.5 Å². The van der Waals surface area contributed by atoms with Crippen LogP contribution in [-0.2, 0) is 14.3 Å². The average molecular weight is 502 g/mol. The minimum absolute atomic E-state index is 0. The van der Waals surface area contributed by atoms with E-state index in [0.29, 0.717) is 24.0 Å². The summed E-state index contributed by atoms with van der Waals surface area (Å²) in [4.78, 5) is 23.9. The van der Waals surface area contributed by atoms with Gasteiger partial charge >= 0.3 is 0 Å². The third kappa shape index (κ3) is 8.67. The van der Waals surface area contributed by atoms with Gasteiger partial charge in [-0.2, -0.15) is 0 Å². The van der Waals surface area contributed by atoms with E-state index in [1.165, 1.54) is 0 Å². The normalized spacial score (nSPS) is 33.0. The molecular formula is C28H46Cl2O3. The van der Waals surface area contributed by atoms with E-state index in [0.717, 1.165) is 12.8 Å². The summed E-state index contributed by atoms with van der Waals surface area (Å²) in [7, 11) is 0. The Balaban J connectivity index is 0.000000542. The molecule has 33 heavy (non-hydrogen) atoms. The molecule has 3 nitrogen and oxygen atoms in total. The highest BCUT2D eigenvalue weighted by Gasteiger charge is 2.57. The van der Waals surface area contributed by atoms with E-state index < -0.39 is 0 Å². The quantitative estimate of drug-likeness (QED) is 0.170. The zero-order valence-electron chi connectivity index (χ0n) is 21.0. The van der Waals surface area contributed by atoms with Gasteiger partial charge < -0.3 is 4.74 Å². The third-order valence-corrected chi connectivity index (χ3v) is 6.96. The SMILES string of the molecule is C.C/C=C/C(=O)C1C(C)C2OC2CC1(C)C.C/C=C/C(=O)C1C(C)C=CCC1(C)C.ClCCl. The minimum atomic E-state index is 0. The summed E-state index contributed by atoms with van der Waals surface area (Å²) in [6, 6.07) is 0. The van der Waals surface area contributed by atoms with Crippen molar-refractivity contribution in [1.82, 2.24) is 0 Å². The van der Waals surface area contributed by atoms with Gasteiger partial charge in [-0.1, -0.05) is 73.3 Å². The number of alkyl halides is 2. The van der Waals surface area contributed by atoms with Crippen LogP contribution in [0.15, 0.2) is 36.5 Å². The van der Waals surface area contributed by atoms with Crippen molar-refractivity contribution in [2.45, 2.75) is 87.9 Å². The molecule has 0 radical (unpaired) electrons. The monoisotopic (exact) mass is 500 g/mol. The molecule has 190 valence electrons. The fourth-order valence-corrected chi connectivity index (χ4v) is 5.69. The first kappa shape index (κ1) is 32.1. The number of ether oxygens (including phenoxy) is 1.